The smallest absolute Gasteiger partial charge is 0.425 e. The number of anilines is 2. The van der Waals surface area contributed by atoms with E-state index in [1.165, 1.54) is 4.90 Å². The standard InChI is InChI=1S/C27H25F10N7O2.C2H6/c1-11-16(27(35,36)37)12(8-13(38)17(11)28)19-18(29)20-15-21(40-6-5-39-4-2-14(26(32,33)34)46-22(15)41-19)43-23(42-20)45-10-24-3-7-44(24)9-25(24,30)31;1-2/h8,14,39H,2-7,9-10,38H2,1H3,(H,40,42,43);1-2H3. The second-order valence-corrected chi connectivity index (χ2v) is 11.3. The Morgan fingerprint density at radius 1 is 1.04 bits per heavy atom. The molecule has 2 atom stereocenters. The third-order valence-electron chi connectivity index (χ3n) is 8.50. The van der Waals surface area contributed by atoms with Crippen LogP contribution in [0.3, 0.4) is 0 Å². The Labute approximate surface area is 267 Å². The summed E-state index contributed by atoms with van der Waals surface area (Å²) in [5.74, 6) is -7.53. The van der Waals surface area contributed by atoms with Crippen LogP contribution < -0.4 is 25.8 Å². The minimum atomic E-state index is -5.30. The Bertz CT molecular complexity index is 1700. The zero-order chi connectivity index (χ0) is 35.4. The highest BCUT2D eigenvalue weighted by molar-refractivity contribution is 5.96. The van der Waals surface area contributed by atoms with Gasteiger partial charge in [-0.2, -0.15) is 36.3 Å². The van der Waals surface area contributed by atoms with E-state index in [0.29, 0.717) is 12.6 Å². The summed E-state index contributed by atoms with van der Waals surface area (Å²) in [6.07, 6.45) is -13.5. The molecule has 0 bridgehead atoms. The van der Waals surface area contributed by atoms with E-state index in [1.54, 1.807) is 0 Å². The third-order valence-corrected chi connectivity index (χ3v) is 8.50. The highest BCUT2D eigenvalue weighted by Crippen LogP contribution is 2.53. The summed E-state index contributed by atoms with van der Waals surface area (Å²) in [5, 5.41) is 4.94. The molecule has 0 spiro atoms. The van der Waals surface area contributed by atoms with Crippen LogP contribution >= 0.6 is 0 Å². The number of benzene rings is 1. The van der Waals surface area contributed by atoms with Gasteiger partial charge in [0.1, 0.15) is 40.4 Å². The van der Waals surface area contributed by atoms with Gasteiger partial charge < -0.3 is 25.8 Å². The predicted molar refractivity (Wildman–Crippen MR) is 154 cm³/mol. The number of fused-ring (bicyclic) bond motifs is 1. The van der Waals surface area contributed by atoms with E-state index in [2.05, 4.69) is 25.6 Å². The Balaban J connectivity index is 0.00000221. The lowest BCUT2D eigenvalue weighted by atomic mass is 9.71. The molecule has 3 aromatic rings. The maximum Gasteiger partial charge on any atom is 0.425 e. The van der Waals surface area contributed by atoms with Crippen LogP contribution in [0.5, 0.6) is 11.9 Å². The highest BCUT2D eigenvalue weighted by Gasteiger charge is 2.72. The van der Waals surface area contributed by atoms with E-state index in [9.17, 15) is 39.5 Å². The second-order valence-electron chi connectivity index (χ2n) is 11.3. The fraction of sp³-hybridized carbons (Fsp3) is 0.552. The maximum atomic E-state index is 16.4. The van der Waals surface area contributed by atoms with Crippen molar-refractivity contribution in [2.45, 2.75) is 63.5 Å². The Hall–Kier alpha value is -3.87. The molecule has 0 amide bonds. The highest BCUT2D eigenvalue weighted by atomic mass is 19.4. The number of nitrogen functional groups attached to an aromatic ring is 1. The number of ether oxygens (including phenoxy) is 2. The van der Waals surface area contributed by atoms with E-state index < -0.39 is 112 Å². The zero-order valence-electron chi connectivity index (χ0n) is 25.8. The first kappa shape index (κ1) is 35.4. The van der Waals surface area contributed by atoms with Gasteiger partial charge in [0.15, 0.2) is 11.9 Å². The molecule has 19 heteroatoms. The van der Waals surface area contributed by atoms with E-state index in [1.807, 2.05) is 13.8 Å². The molecule has 2 fully saturated rings. The molecule has 3 aliphatic heterocycles. The molecule has 0 aliphatic carbocycles. The molecule has 264 valence electrons. The summed E-state index contributed by atoms with van der Waals surface area (Å²) in [7, 11) is 0. The van der Waals surface area contributed by atoms with E-state index in [4.69, 9.17) is 15.2 Å². The van der Waals surface area contributed by atoms with Gasteiger partial charge in [-0.1, -0.05) is 13.8 Å². The van der Waals surface area contributed by atoms with Crippen LogP contribution in [-0.2, 0) is 6.18 Å². The number of hydrogen-bond acceptors (Lipinski definition) is 9. The fourth-order valence-corrected chi connectivity index (χ4v) is 5.93. The van der Waals surface area contributed by atoms with E-state index in [-0.39, 0.29) is 31.9 Å². The molecule has 5 heterocycles. The van der Waals surface area contributed by atoms with Crippen molar-refractivity contribution in [2.24, 2.45) is 0 Å². The van der Waals surface area contributed by atoms with Crippen LogP contribution in [-0.4, -0.2) is 82.9 Å². The van der Waals surface area contributed by atoms with Crippen LogP contribution in [0.15, 0.2) is 6.07 Å². The van der Waals surface area contributed by atoms with Crippen LogP contribution in [0.2, 0.25) is 0 Å². The van der Waals surface area contributed by atoms with Crippen molar-refractivity contribution >= 4 is 22.4 Å². The summed E-state index contributed by atoms with van der Waals surface area (Å²) in [6, 6.07) is -0.242. The lowest BCUT2D eigenvalue weighted by Crippen LogP contribution is -2.84. The molecule has 9 nitrogen and oxygen atoms in total. The normalized spacial score (nSPS) is 22.5. The van der Waals surface area contributed by atoms with Crippen LogP contribution in [0, 0.1) is 18.6 Å². The number of pyridine rings is 1. The Morgan fingerprint density at radius 2 is 1.75 bits per heavy atom. The van der Waals surface area contributed by atoms with Gasteiger partial charge in [-0.3, -0.25) is 4.90 Å². The number of rotatable bonds is 4. The molecule has 2 aromatic heterocycles. The number of alkyl halides is 8. The molecule has 0 radical (unpaired) electrons. The summed E-state index contributed by atoms with van der Waals surface area (Å²) < 4.78 is 155. The molecule has 2 unspecified atom stereocenters. The van der Waals surface area contributed by atoms with Gasteiger partial charge in [0.25, 0.3) is 5.92 Å². The number of halogens is 10. The van der Waals surface area contributed by atoms with Gasteiger partial charge in [-0.25, -0.2) is 22.5 Å². The monoisotopic (exact) mass is 699 g/mol. The number of aromatic nitrogens is 3. The Morgan fingerprint density at radius 3 is 2.33 bits per heavy atom. The van der Waals surface area contributed by atoms with Gasteiger partial charge in [0.05, 0.1) is 17.8 Å². The van der Waals surface area contributed by atoms with E-state index >= 15 is 4.39 Å². The van der Waals surface area contributed by atoms with Crippen molar-refractivity contribution in [3.05, 3.63) is 28.8 Å². The largest absolute Gasteiger partial charge is 0.464 e. The van der Waals surface area contributed by atoms with Crippen molar-refractivity contribution in [3.63, 3.8) is 0 Å². The number of nitrogens with one attached hydrogen (secondary N) is 2. The summed E-state index contributed by atoms with van der Waals surface area (Å²) in [6.45, 7) is 3.85. The molecular formula is C29H31F10N7O2. The van der Waals surface area contributed by atoms with E-state index in [0.717, 1.165) is 6.92 Å². The first-order valence-corrected chi connectivity index (χ1v) is 15.0. The number of hydrogen-bond donors (Lipinski definition) is 3. The third kappa shape index (κ3) is 5.98. The Kier molecular flexibility index (Phi) is 9.26. The molecule has 1 aromatic carbocycles. The minimum absolute atomic E-state index is 0.00720. The maximum absolute atomic E-state index is 16.4. The zero-order valence-corrected chi connectivity index (χ0v) is 25.8. The quantitative estimate of drug-likeness (QED) is 0.220. The number of nitrogens with two attached hydrogens (primary N) is 1. The molecule has 48 heavy (non-hydrogen) atoms. The van der Waals surface area contributed by atoms with Gasteiger partial charge in [-0.15, -0.1) is 0 Å². The number of nitrogens with zero attached hydrogens (tertiary/aromatic N) is 4. The molecule has 0 saturated carbocycles. The van der Waals surface area contributed by atoms with Crippen molar-refractivity contribution in [2.75, 3.05) is 50.4 Å². The van der Waals surface area contributed by atoms with Crippen LogP contribution in [0.1, 0.15) is 37.8 Å². The first-order chi connectivity index (χ1) is 22.4. The van der Waals surface area contributed by atoms with Crippen LogP contribution in [0.25, 0.3) is 22.2 Å². The van der Waals surface area contributed by atoms with Gasteiger partial charge in [0, 0.05) is 31.6 Å². The molecule has 6 rings (SSSR count). The topological polar surface area (TPSA) is 110 Å². The van der Waals surface area contributed by atoms with Gasteiger partial charge in [-0.05, 0) is 31.5 Å². The van der Waals surface area contributed by atoms with Crippen molar-refractivity contribution in [3.8, 4) is 23.1 Å². The van der Waals surface area contributed by atoms with Gasteiger partial charge in [0.2, 0.25) is 5.88 Å². The summed E-state index contributed by atoms with van der Waals surface area (Å²) in [5.41, 5.74) is -2.81. The summed E-state index contributed by atoms with van der Waals surface area (Å²) in [4.78, 5) is 13.2. The number of piperidine rings is 1. The van der Waals surface area contributed by atoms with Crippen molar-refractivity contribution < 1.29 is 53.4 Å². The molecule has 2 saturated heterocycles. The average molecular weight is 700 g/mol. The van der Waals surface area contributed by atoms with Crippen LogP contribution in [0.4, 0.5) is 55.4 Å². The van der Waals surface area contributed by atoms with Gasteiger partial charge >= 0.3 is 18.4 Å². The molecule has 4 N–H and O–H groups in total. The SMILES string of the molecule is CC.Cc1c(F)c(N)cc(-c2nc3c4c(nc(OCC56CCN5CC6(F)F)nc4c2F)NCCNCCC(C(F)(F)F)O3)c1C(F)(F)F. The second kappa shape index (κ2) is 12.5. The fourth-order valence-electron chi connectivity index (χ4n) is 5.93. The molecule has 3 aliphatic rings. The summed E-state index contributed by atoms with van der Waals surface area (Å²) >= 11 is 0. The minimum Gasteiger partial charge on any atom is -0.464 e. The van der Waals surface area contributed by atoms with Crippen molar-refractivity contribution in [1.29, 1.82) is 0 Å². The molecular weight excluding hydrogens is 668 g/mol. The average Bonchev–Trinajstić information content (AvgIpc) is 3.03. The van der Waals surface area contributed by atoms with Crippen molar-refractivity contribution in [1.82, 2.24) is 25.2 Å². The first-order valence-electron chi connectivity index (χ1n) is 15.0. The predicted octanol–water partition coefficient (Wildman–Crippen LogP) is 6.09. The lowest BCUT2D eigenvalue weighted by Gasteiger charge is -2.64. The lowest BCUT2D eigenvalue weighted by molar-refractivity contribution is -0.302.